The number of likely N-dealkylation sites (tertiary alicyclic amines) is 1. The molecule has 1 aliphatic heterocycles. The van der Waals surface area contributed by atoms with E-state index in [2.05, 4.69) is 5.32 Å². The number of carbonyl (C=O) groups is 2. The Morgan fingerprint density at radius 3 is 2.78 bits per heavy atom. The standard InChI is InChI=1S/C12H21N3O2.ClH/c1-8(13)2-5-11(16)14-9-6-12(17)15(7-9)10-3-4-10;/h8-10H,2-7,13H2,1H3,(H,14,16);1H. The van der Waals surface area contributed by atoms with E-state index in [1.807, 2.05) is 11.8 Å². The zero-order chi connectivity index (χ0) is 12.4. The molecule has 3 N–H and O–H groups in total. The lowest BCUT2D eigenvalue weighted by atomic mass is 10.2. The fourth-order valence-electron chi connectivity index (χ4n) is 2.23. The highest BCUT2D eigenvalue weighted by molar-refractivity contribution is 5.85. The first kappa shape index (κ1) is 15.2. The summed E-state index contributed by atoms with van der Waals surface area (Å²) in [6, 6.07) is 0.506. The Hall–Kier alpha value is -0.810. The summed E-state index contributed by atoms with van der Waals surface area (Å²) >= 11 is 0. The van der Waals surface area contributed by atoms with E-state index in [-0.39, 0.29) is 36.3 Å². The van der Waals surface area contributed by atoms with Gasteiger partial charge in [0.1, 0.15) is 0 Å². The Balaban J connectivity index is 0.00000162. The van der Waals surface area contributed by atoms with Gasteiger partial charge in [0.05, 0.1) is 6.04 Å². The summed E-state index contributed by atoms with van der Waals surface area (Å²) in [7, 11) is 0. The quantitative estimate of drug-likeness (QED) is 0.763. The van der Waals surface area contributed by atoms with E-state index in [0.717, 1.165) is 12.8 Å². The molecule has 5 nitrogen and oxygen atoms in total. The first-order chi connectivity index (χ1) is 8.06. The molecule has 0 aromatic heterocycles. The fraction of sp³-hybridized carbons (Fsp3) is 0.833. The van der Waals surface area contributed by atoms with Crippen LogP contribution in [0.1, 0.15) is 39.0 Å². The Kier molecular flexibility index (Phi) is 5.41. The fourth-order valence-corrected chi connectivity index (χ4v) is 2.23. The molecule has 2 aliphatic rings. The van der Waals surface area contributed by atoms with Gasteiger partial charge in [-0.1, -0.05) is 0 Å². The van der Waals surface area contributed by atoms with Crippen molar-refractivity contribution in [2.45, 2.75) is 57.2 Å². The second-order valence-corrected chi connectivity index (χ2v) is 5.26. The lowest BCUT2D eigenvalue weighted by Crippen LogP contribution is -2.38. The Bertz CT molecular complexity index is 318. The summed E-state index contributed by atoms with van der Waals surface area (Å²) in [4.78, 5) is 25.2. The molecule has 0 aromatic carbocycles. The van der Waals surface area contributed by atoms with Crippen molar-refractivity contribution >= 4 is 24.2 Å². The molecular weight excluding hydrogens is 254 g/mol. The maximum Gasteiger partial charge on any atom is 0.225 e. The number of nitrogens with one attached hydrogen (secondary N) is 1. The molecule has 1 aliphatic carbocycles. The minimum Gasteiger partial charge on any atom is -0.351 e. The number of amides is 2. The van der Waals surface area contributed by atoms with Crippen LogP contribution < -0.4 is 11.1 Å². The van der Waals surface area contributed by atoms with Gasteiger partial charge in [0.15, 0.2) is 0 Å². The first-order valence-corrected chi connectivity index (χ1v) is 6.40. The van der Waals surface area contributed by atoms with Gasteiger partial charge in [-0.2, -0.15) is 0 Å². The van der Waals surface area contributed by atoms with Gasteiger partial charge in [0.25, 0.3) is 0 Å². The Labute approximate surface area is 114 Å². The van der Waals surface area contributed by atoms with Crippen LogP contribution in [0.15, 0.2) is 0 Å². The minimum absolute atomic E-state index is 0. The second kappa shape index (κ2) is 6.38. The van der Waals surface area contributed by atoms with Crippen LogP contribution in [0, 0.1) is 0 Å². The molecule has 0 bridgehead atoms. The minimum atomic E-state index is 0. The molecular formula is C12H22ClN3O2. The predicted octanol–water partition coefficient (Wildman–Crippen LogP) is 0.415. The van der Waals surface area contributed by atoms with Crippen LogP contribution in [-0.2, 0) is 9.59 Å². The largest absolute Gasteiger partial charge is 0.351 e. The van der Waals surface area contributed by atoms with Crippen LogP contribution >= 0.6 is 12.4 Å². The SMILES string of the molecule is CC(N)CCC(=O)NC1CC(=O)N(C2CC2)C1.Cl. The molecule has 2 amide bonds. The van der Waals surface area contributed by atoms with Crippen molar-refractivity contribution < 1.29 is 9.59 Å². The third kappa shape index (κ3) is 4.14. The van der Waals surface area contributed by atoms with Crippen molar-refractivity contribution in [1.29, 1.82) is 0 Å². The van der Waals surface area contributed by atoms with Crippen LogP contribution in [0.5, 0.6) is 0 Å². The molecule has 2 unspecified atom stereocenters. The summed E-state index contributed by atoms with van der Waals surface area (Å²) in [5, 5.41) is 2.92. The van der Waals surface area contributed by atoms with E-state index in [9.17, 15) is 9.59 Å². The number of nitrogens with two attached hydrogens (primary N) is 1. The van der Waals surface area contributed by atoms with Crippen molar-refractivity contribution in [3.8, 4) is 0 Å². The molecule has 0 spiro atoms. The van der Waals surface area contributed by atoms with E-state index in [0.29, 0.717) is 31.8 Å². The third-order valence-corrected chi connectivity index (χ3v) is 3.34. The molecule has 0 aromatic rings. The lowest BCUT2D eigenvalue weighted by Gasteiger charge is -2.16. The maximum atomic E-state index is 11.7. The van der Waals surface area contributed by atoms with Gasteiger partial charge in [-0.05, 0) is 26.2 Å². The van der Waals surface area contributed by atoms with Crippen LogP contribution in [0.2, 0.25) is 0 Å². The number of hydrogen-bond acceptors (Lipinski definition) is 3. The molecule has 104 valence electrons. The number of halogens is 1. The molecule has 18 heavy (non-hydrogen) atoms. The van der Waals surface area contributed by atoms with Crippen molar-refractivity contribution in [3.63, 3.8) is 0 Å². The summed E-state index contributed by atoms with van der Waals surface area (Å²) in [5.41, 5.74) is 5.60. The number of rotatable bonds is 5. The lowest BCUT2D eigenvalue weighted by molar-refractivity contribution is -0.128. The van der Waals surface area contributed by atoms with Gasteiger partial charge in [-0.15, -0.1) is 12.4 Å². The van der Waals surface area contributed by atoms with E-state index >= 15 is 0 Å². The second-order valence-electron chi connectivity index (χ2n) is 5.26. The summed E-state index contributed by atoms with van der Waals surface area (Å²) in [5.74, 6) is 0.197. The topological polar surface area (TPSA) is 75.4 Å². The average Bonchev–Trinajstić information content (AvgIpc) is 3.01. The van der Waals surface area contributed by atoms with Gasteiger partial charge in [-0.3, -0.25) is 9.59 Å². The molecule has 6 heteroatoms. The molecule has 1 heterocycles. The van der Waals surface area contributed by atoms with E-state index in [1.54, 1.807) is 0 Å². The van der Waals surface area contributed by atoms with Crippen LogP contribution in [0.4, 0.5) is 0 Å². The summed E-state index contributed by atoms with van der Waals surface area (Å²) in [6.07, 6.45) is 3.85. The number of hydrogen-bond donors (Lipinski definition) is 2. The van der Waals surface area contributed by atoms with Crippen LogP contribution in [0.25, 0.3) is 0 Å². The Morgan fingerprint density at radius 1 is 1.56 bits per heavy atom. The molecule has 2 rings (SSSR count). The van der Waals surface area contributed by atoms with Gasteiger partial charge < -0.3 is 16.0 Å². The number of nitrogens with zero attached hydrogens (tertiary/aromatic N) is 1. The molecule has 1 saturated heterocycles. The summed E-state index contributed by atoms with van der Waals surface area (Å²) in [6.45, 7) is 2.58. The smallest absolute Gasteiger partial charge is 0.225 e. The zero-order valence-corrected chi connectivity index (χ0v) is 11.5. The average molecular weight is 276 g/mol. The van der Waals surface area contributed by atoms with Crippen LogP contribution in [0.3, 0.4) is 0 Å². The Morgan fingerprint density at radius 2 is 2.22 bits per heavy atom. The van der Waals surface area contributed by atoms with Crippen molar-refractivity contribution in [1.82, 2.24) is 10.2 Å². The van der Waals surface area contributed by atoms with Gasteiger partial charge in [0.2, 0.25) is 11.8 Å². The third-order valence-electron chi connectivity index (χ3n) is 3.34. The predicted molar refractivity (Wildman–Crippen MR) is 71.4 cm³/mol. The molecule has 2 atom stereocenters. The highest BCUT2D eigenvalue weighted by Crippen LogP contribution is 2.30. The van der Waals surface area contributed by atoms with Crippen LogP contribution in [-0.4, -0.2) is 41.4 Å². The summed E-state index contributed by atoms with van der Waals surface area (Å²) < 4.78 is 0. The maximum absolute atomic E-state index is 11.7. The van der Waals surface area contributed by atoms with Gasteiger partial charge in [0, 0.05) is 31.5 Å². The van der Waals surface area contributed by atoms with Crippen molar-refractivity contribution in [2.75, 3.05) is 6.54 Å². The highest BCUT2D eigenvalue weighted by atomic mass is 35.5. The molecule has 1 saturated carbocycles. The van der Waals surface area contributed by atoms with Gasteiger partial charge in [-0.25, -0.2) is 0 Å². The van der Waals surface area contributed by atoms with E-state index < -0.39 is 0 Å². The number of carbonyl (C=O) groups excluding carboxylic acids is 2. The molecule has 0 radical (unpaired) electrons. The van der Waals surface area contributed by atoms with E-state index in [4.69, 9.17) is 5.73 Å². The van der Waals surface area contributed by atoms with Crippen molar-refractivity contribution in [2.24, 2.45) is 5.73 Å². The zero-order valence-electron chi connectivity index (χ0n) is 10.7. The highest BCUT2D eigenvalue weighted by Gasteiger charge is 2.39. The monoisotopic (exact) mass is 275 g/mol. The first-order valence-electron chi connectivity index (χ1n) is 6.40. The van der Waals surface area contributed by atoms with Gasteiger partial charge >= 0.3 is 0 Å². The van der Waals surface area contributed by atoms with Crippen molar-refractivity contribution in [3.05, 3.63) is 0 Å². The normalized spacial score (nSPS) is 24.7. The van der Waals surface area contributed by atoms with E-state index in [1.165, 1.54) is 0 Å². The molecule has 2 fully saturated rings.